The summed E-state index contributed by atoms with van der Waals surface area (Å²) in [6.45, 7) is 0. The van der Waals surface area contributed by atoms with Crippen molar-refractivity contribution in [3.8, 4) is 0 Å². The molecule has 1 atom stereocenters. The topological polar surface area (TPSA) is 110 Å². The molecule has 2 rings (SSSR count). The summed E-state index contributed by atoms with van der Waals surface area (Å²) in [6, 6.07) is 1.74. The normalized spacial score (nSPS) is 19.7. The Labute approximate surface area is 114 Å². The summed E-state index contributed by atoms with van der Waals surface area (Å²) >= 11 is 0. The van der Waals surface area contributed by atoms with Crippen LogP contribution < -0.4 is 10.5 Å². The first kappa shape index (κ1) is 14.4. The molecule has 1 heterocycles. The zero-order valence-corrected chi connectivity index (χ0v) is 11.3. The zero-order chi connectivity index (χ0) is 15.1. The number of hydrogen-bond donors (Lipinski definition) is 2. The number of nitrogen functional groups attached to an aromatic ring is 1. The van der Waals surface area contributed by atoms with Crippen molar-refractivity contribution < 1.29 is 22.4 Å². The summed E-state index contributed by atoms with van der Waals surface area (Å²) in [7, 11) is -2.79. The van der Waals surface area contributed by atoms with E-state index in [4.69, 9.17) is 5.73 Å². The number of carbonyl (C=O) groups is 2. The number of carbonyl (C=O) groups excluding carboxylic acids is 2. The fraction of sp³-hybridized carbons (Fsp3) is 0.273. The molecule has 1 aliphatic rings. The highest BCUT2D eigenvalue weighted by atomic mass is 32.2. The lowest BCUT2D eigenvalue weighted by Crippen LogP contribution is -2.40. The number of likely N-dealkylation sites (tertiary alicyclic amines) is 1. The Bertz CT molecular complexity index is 689. The molecule has 0 aliphatic carbocycles. The van der Waals surface area contributed by atoms with E-state index in [2.05, 4.69) is 4.72 Å². The number of halogens is 1. The van der Waals surface area contributed by atoms with Crippen LogP contribution in [0.5, 0.6) is 0 Å². The Kier molecular flexibility index (Phi) is 3.48. The van der Waals surface area contributed by atoms with Crippen molar-refractivity contribution in [2.24, 2.45) is 0 Å². The number of nitrogens with two attached hydrogens (primary N) is 1. The minimum atomic E-state index is -4.06. The van der Waals surface area contributed by atoms with E-state index in [9.17, 15) is 22.4 Å². The molecule has 9 heteroatoms. The third-order valence-electron chi connectivity index (χ3n) is 2.96. The number of rotatable bonds is 3. The van der Waals surface area contributed by atoms with Crippen molar-refractivity contribution in [3.63, 3.8) is 0 Å². The summed E-state index contributed by atoms with van der Waals surface area (Å²) in [6.07, 6.45) is -0.245. The van der Waals surface area contributed by atoms with E-state index in [-0.39, 0.29) is 17.0 Å². The van der Waals surface area contributed by atoms with E-state index in [1.807, 2.05) is 0 Å². The van der Waals surface area contributed by atoms with Gasteiger partial charge in [0.25, 0.3) is 0 Å². The second-order valence-electron chi connectivity index (χ2n) is 4.35. The van der Waals surface area contributed by atoms with Crippen molar-refractivity contribution in [1.82, 2.24) is 9.62 Å². The smallest absolute Gasteiger partial charge is 0.247 e. The van der Waals surface area contributed by atoms with Gasteiger partial charge in [0.1, 0.15) is 11.9 Å². The van der Waals surface area contributed by atoms with E-state index in [1.54, 1.807) is 0 Å². The number of nitrogens with one attached hydrogen (secondary N) is 1. The highest BCUT2D eigenvalue weighted by Gasteiger charge is 2.38. The molecule has 0 aromatic heterocycles. The maximum atomic E-state index is 13.0. The molecule has 108 valence electrons. The molecule has 1 fully saturated rings. The van der Waals surface area contributed by atoms with Gasteiger partial charge in [0.15, 0.2) is 0 Å². The highest BCUT2D eigenvalue weighted by molar-refractivity contribution is 7.89. The van der Waals surface area contributed by atoms with Crippen molar-refractivity contribution in [3.05, 3.63) is 24.0 Å². The number of sulfonamides is 1. The van der Waals surface area contributed by atoms with Crippen LogP contribution in [0.1, 0.15) is 6.42 Å². The summed E-state index contributed by atoms with van der Waals surface area (Å²) < 4.78 is 39.2. The van der Waals surface area contributed by atoms with E-state index < -0.39 is 33.7 Å². The third kappa shape index (κ3) is 2.49. The Balaban J connectivity index is 2.26. The maximum Gasteiger partial charge on any atom is 0.247 e. The van der Waals surface area contributed by atoms with Gasteiger partial charge in [0, 0.05) is 7.05 Å². The average Bonchev–Trinajstić information content (AvgIpc) is 2.60. The summed E-state index contributed by atoms with van der Waals surface area (Å²) in [5.41, 5.74) is 4.98. The van der Waals surface area contributed by atoms with Crippen LogP contribution in [0.2, 0.25) is 0 Å². The van der Waals surface area contributed by atoms with Crippen LogP contribution in [0.25, 0.3) is 0 Å². The molecule has 1 saturated heterocycles. The molecule has 0 saturated carbocycles. The first-order valence-electron chi connectivity index (χ1n) is 5.60. The quantitative estimate of drug-likeness (QED) is 0.574. The minimum absolute atomic E-state index is 0.245. The van der Waals surface area contributed by atoms with Crippen LogP contribution in [0.4, 0.5) is 10.1 Å². The number of nitrogens with zero attached hydrogens (tertiary/aromatic N) is 1. The third-order valence-corrected chi connectivity index (χ3v) is 4.43. The SMILES string of the molecule is CN1C(=O)CC(NS(=O)(=O)c2ccc(F)c(N)c2)C1=O. The number of hydrogen-bond acceptors (Lipinski definition) is 5. The number of anilines is 1. The second kappa shape index (κ2) is 4.84. The van der Waals surface area contributed by atoms with Gasteiger partial charge < -0.3 is 5.73 Å². The van der Waals surface area contributed by atoms with Gasteiger partial charge in [-0.1, -0.05) is 0 Å². The molecule has 0 spiro atoms. The highest BCUT2D eigenvalue weighted by Crippen LogP contribution is 2.19. The first-order chi connectivity index (χ1) is 9.22. The largest absolute Gasteiger partial charge is 0.396 e. The summed E-state index contributed by atoms with van der Waals surface area (Å²) in [5.74, 6) is -1.84. The van der Waals surface area contributed by atoms with Crippen LogP contribution >= 0.6 is 0 Å². The van der Waals surface area contributed by atoms with Crippen LogP contribution in [-0.2, 0) is 19.6 Å². The Morgan fingerprint density at radius 1 is 1.40 bits per heavy atom. The maximum absolute atomic E-state index is 13.0. The minimum Gasteiger partial charge on any atom is -0.396 e. The van der Waals surface area contributed by atoms with E-state index in [0.717, 1.165) is 23.1 Å². The number of amides is 2. The molecule has 3 N–H and O–H groups in total. The summed E-state index contributed by atoms with van der Waals surface area (Å²) in [4.78, 5) is 23.5. The van der Waals surface area contributed by atoms with Gasteiger partial charge in [-0.25, -0.2) is 12.8 Å². The van der Waals surface area contributed by atoms with Crippen molar-refractivity contribution in [2.75, 3.05) is 12.8 Å². The van der Waals surface area contributed by atoms with Gasteiger partial charge >= 0.3 is 0 Å². The lowest BCUT2D eigenvalue weighted by Gasteiger charge is -2.12. The standard InChI is InChI=1S/C11H12FN3O4S/c1-15-10(16)5-9(11(15)17)14-20(18,19)6-2-3-7(12)8(13)4-6/h2-4,9,14H,5,13H2,1H3. The fourth-order valence-electron chi connectivity index (χ4n) is 1.79. The van der Waals surface area contributed by atoms with E-state index >= 15 is 0 Å². The molecule has 20 heavy (non-hydrogen) atoms. The fourth-order valence-corrected chi connectivity index (χ4v) is 3.02. The second-order valence-corrected chi connectivity index (χ2v) is 6.07. The van der Waals surface area contributed by atoms with Gasteiger partial charge in [-0.2, -0.15) is 4.72 Å². The molecule has 1 aromatic rings. The molecule has 1 unspecified atom stereocenters. The molecule has 7 nitrogen and oxygen atoms in total. The van der Waals surface area contributed by atoms with Crippen LogP contribution in [0, 0.1) is 5.82 Å². The van der Waals surface area contributed by atoms with Crippen molar-refractivity contribution in [1.29, 1.82) is 0 Å². The lowest BCUT2D eigenvalue weighted by atomic mass is 10.3. The Hall–Kier alpha value is -2.00. The lowest BCUT2D eigenvalue weighted by molar-refractivity contribution is -0.137. The molecular formula is C11H12FN3O4S. The molecular weight excluding hydrogens is 289 g/mol. The summed E-state index contributed by atoms with van der Waals surface area (Å²) in [5, 5.41) is 0. The number of imide groups is 1. The van der Waals surface area contributed by atoms with Crippen LogP contribution in [0.15, 0.2) is 23.1 Å². The first-order valence-corrected chi connectivity index (χ1v) is 7.08. The van der Waals surface area contributed by atoms with Gasteiger partial charge in [-0.15, -0.1) is 0 Å². The van der Waals surface area contributed by atoms with Gasteiger partial charge in [0.2, 0.25) is 21.8 Å². The molecule has 2 amide bonds. The monoisotopic (exact) mass is 301 g/mol. The molecule has 0 radical (unpaired) electrons. The average molecular weight is 301 g/mol. The predicted octanol–water partition coefficient (Wildman–Crippen LogP) is -0.556. The number of likely N-dealkylation sites (N-methyl/N-ethyl adjacent to an activating group) is 1. The van der Waals surface area contributed by atoms with E-state index in [1.165, 1.54) is 7.05 Å². The van der Waals surface area contributed by atoms with Gasteiger partial charge in [-0.3, -0.25) is 14.5 Å². The molecule has 1 aromatic carbocycles. The van der Waals surface area contributed by atoms with Crippen LogP contribution in [0.3, 0.4) is 0 Å². The van der Waals surface area contributed by atoms with Crippen molar-refractivity contribution in [2.45, 2.75) is 17.4 Å². The van der Waals surface area contributed by atoms with Gasteiger partial charge in [-0.05, 0) is 18.2 Å². The Morgan fingerprint density at radius 3 is 2.55 bits per heavy atom. The van der Waals surface area contributed by atoms with Crippen molar-refractivity contribution >= 4 is 27.5 Å². The van der Waals surface area contributed by atoms with E-state index in [0.29, 0.717) is 0 Å². The van der Waals surface area contributed by atoms with Gasteiger partial charge in [0.05, 0.1) is 17.0 Å². The number of benzene rings is 1. The van der Waals surface area contributed by atoms with Crippen LogP contribution in [-0.4, -0.2) is 38.2 Å². The predicted molar refractivity (Wildman–Crippen MR) is 67.3 cm³/mol. The molecule has 1 aliphatic heterocycles. The molecule has 0 bridgehead atoms. The zero-order valence-electron chi connectivity index (χ0n) is 10.5. The Morgan fingerprint density at radius 2 is 2.05 bits per heavy atom.